The van der Waals surface area contributed by atoms with Gasteiger partial charge in [-0.25, -0.2) is 0 Å². The molecule has 0 amide bonds. The van der Waals surface area contributed by atoms with Crippen LogP contribution in [-0.4, -0.2) is 62.7 Å². The second-order valence-electron chi connectivity index (χ2n) is 9.70. The molecule has 8 heteroatoms. The summed E-state index contributed by atoms with van der Waals surface area (Å²) in [5, 5.41) is 42.5. The summed E-state index contributed by atoms with van der Waals surface area (Å²) >= 11 is 0. The molecule has 1 aromatic carbocycles. The molecule has 184 valence electrons. The second kappa shape index (κ2) is 10.1. The maximum Gasteiger partial charge on any atom is 0.189 e. The number of ketones is 1. The van der Waals surface area contributed by atoms with Crippen molar-refractivity contribution in [3.8, 4) is 11.5 Å². The summed E-state index contributed by atoms with van der Waals surface area (Å²) < 4.78 is 11.5. The molecule has 1 aromatic rings. The van der Waals surface area contributed by atoms with Crippen LogP contribution in [0.25, 0.3) is 0 Å². The number of aromatic hydroxyl groups is 2. The van der Waals surface area contributed by atoms with Gasteiger partial charge in [-0.15, -0.1) is 0 Å². The van der Waals surface area contributed by atoms with Crippen molar-refractivity contribution < 1.29 is 39.5 Å². The van der Waals surface area contributed by atoms with Gasteiger partial charge in [-0.2, -0.15) is 0 Å². The highest BCUT2D eigenvalue weighted by Crippen LogP contribution is 2.51. The number of aldehydes is 1. The molecular formula is C25H36O8. The van der Waals surface area contributed by atoms with Crippen molar-refractivity contribution in [2.24, 2.45) is 11.8 Å². The third-order valence-corrected chi connectivity index (χ3v) is 6.79. The van der Waals surface area contributed by atoms with Crippen molar-refractivity contribution in [1.82, 2.24) is 0 Å². The smallest absolute Gasteiger partial charge is 0.189 e. The second-order valence-corrected chi connectivity index (χ2v) is 9.70. The number of epoxide rings is 1. The summed E-state index contributed by atoms with van der Waals surface area (Å²) in [6, 6.07) is 1.43. The molecule has 2 heterocycles. The lowest BCUT2D eigenvalue weighted by molar-refractivity contribution is -0.239. The van der Waals surface area contributed by atoms with E-state index in [0.29, 0.717) is 37.5 Å². The Morgan fingerprint density at radius 3 is 2.45 bits per heavy atom. The highest BCUT2D eigenvalue weighted by Gasteiger charge is 2.69. The number of aliphatic hydroxyl groups excluding tert-OH is 2. The van der Waals surface area contributed by atoms with Crippen LogP contribution in [-0.2, 0) is 15.9 Å². The lowest BCUT2D eigenvalue weighted by atomic mass is 9.80. The van der Waals surface area contributed by atoms with Gasteiger partial charge in [0.1, 0.15) is 11.5 Å². The zero-order valence-electron chi connectivity index (χ0n) is 19.8. The minimum Gasteiger partial charge on any atom is -0.507 e. The number of ether oxygens (including phenoxy) is 2. The van der Waals surface area contributed by atoms with Crippen molar-refractivity contribution in [2.75, 3.05) is 0 Å². The van der Waals surface area contributed by atoms with E-state index in [0.717, 1.165) is 6.42 Å². The van der Waals surface area contributed by atoms with Crippen LogP contribution in [0.4, 0.5) is 0 Å². The van der Waals surface area contributed by atoms with Crippen LogP contribution in [0.2, 0.25) is 0 Å². The topological polar surface area (TPSA) is 137 Å². The summed E-state index contributed by atoms with van der Waals surface area (Å²) in [6.45, 7) is 7.77. The fourth-order valence-electron chi connectivity index (χ4n) is 5.06. The molecule has 0 bridgehead atoms. The number of carbonyl (C=O) groups is 2. The molecule has 2 aliphatic rings. The van der Waals surface area contributed by atoms with Crippen LogP contribution >= 0.6 is 0 Å². The quantitative estimate of drug-likeness (QED) is 0.235. The molecular weight excluding hydrogens is 428 g/mol. The largest absolute Gasteiger partial charge is 0.507 e. The van der Waals surface area contributed by atoms with E-state index in [1.54, 1.807) is 0 Å². The molecule has 3 unspecified atom stereocenters. The Kier molecular flexibility index (Phi) is 7.84. The first-order valence-corrected chi connectivity index (χ1v) is 11.9. The summed E-state index contributed by atoms with van der Waals surface area (Å²) in [6.07, 6.45) is -0.0366. The molecule has 0 aromatic heterocycles. The molecule has 2 saturated heterocycles. The lowest BCUT2D eigenvalue weighted by Crippen LogP contribution is -2.55. The van der Waals surface area contributed by atoms with Crippen molar-refractivity contribution >= 4 is 12.1 Å². The van der Waals surface area contributed by atoms with E-state index >= 15 is 0 Å². The third kappa shape index (κ3) is 4.67. The molecule has 0 radical (unpaired) electrons. The zero-order chi connectivity index (χ0) is 24.5. The third-order valence-electron chi connectivity index (χ3n) is 6.79. The fraction of sp³-hybridized carbons (Fsp3) is 0.680. The van der Waals surface area contributed by atoms with Gasteiger partial charge in [-0.1, -0.05) is 40.5 Å². The van der Waals surface area contributed by atoms with Crippen molar-refractivity contribution in [1.29, 1.82) is 0 Å². The Morgan fingerprint density at radius 2 is 1.91 bits per heavy atom. The van der Waals surface area contributed by atoms with Crippen LogP contribution in [0.5, 0.6) is 11.5 Å². The van der Waals surface area contributed by atoms with Crippen molar-refractivity contribution in [3.63, 3.8) is 0 Å². The van der Waals surface area contributed by atoms with E-state index in [2.05, 4.69) is 0 Å². The SMILES string of the molecule is CCCC(C(=O)c1cc(CC(C)C)c(O)c(C=O)c1O)C1C[C@@H](O)C2(O[C@H]2CCC)[C@H](O)O1. The number of carbonyl (C=O) groups excluding carboxylic acids is 2. The molecule has 33 heavy (non-hydrogen) atoms. The summed E-state index contributed by atoms with van der Waals surface area (Å²) in [7, 11) is 0. The standard InChI is InChI=1S/C25H36O8/c1-5-7-15(18-11-19(27)25(24(31)32-18)20(33-25)8-6-2)22(29)16-10-14(9-13(3)4)21(28)17(12-26)23(16)30/h10,12-13,15,18-20,24,27-28,30-31H,5-9,11H2,1-4H3/t15?,18?,19-,20+,24-,25?/m1/s1. The van der Waals surface area contributed by atoms with E-state index in [1.165, 1.54) is 6.07 Å². The van der Waals surface area contributed by atoms with Gasteiger partial charge in [0.05, 0.1) is 29.4 Å². The van der Waals surface area contributed by atoms with Gasteiger partial charge in [-0.3, -0.25) is 9.59 Å². The molecule has 1 spiro atoms. The van der Waals surface area contributed by atoms with Crippen LogP contribution in [0.1, 0.15) is 86.1 Å². The highest BCUT2D eigenvalue weighted by molar-refractivity contribution is 6.04. The van der Waals surface area contributed by atoms with E-state index in [9.17, 15) is 30.0 Å². The first-order valence-electron chi connectivity index (χ1n) is 11.9. The number of benzene rings is 1. The summed E-state index contributed by atoms with van der Waals surface area (Å²) in [5.41, 5.74) is -1.13. The van der Waals surface area contributed by atoms with Gasteiger partial charge in [0, 0.05) is 12.3 Å². The Balaban J connectivity index is 1.92. The van der Waals surface area contributed by atoms with Gasteiger partial charge in [0.25, 0.3) is 0 Å². The average Bonchev–Trinajstić information content (AvgIpc) is 3.47. The highest BCUT2D eigenvalue weighted by atomic mass is 16.7. The van der Waals surface area contributed by atoms with Gasteiger partial charge in [-0.05, 0) is 36.8 Å². The van der Waals surface area contributed by atoms with Crippen LogP contribution in [0.3, 0.4) is 0 Å². The molecule has 2 fully saturated rings. The average molecular weight is 465 g/mol. The maximum atomic E-state index is 13.6. The normalized spacial score (nSPS) is 29.9. The number of hydrogen-bond donors (Lipinski definition) is 4. The minimum atomic E-state index is -1.37. The number of phenolic OH excluding ortho intramolecular Hbond substituents is 2. The van der Waals surface area contributed by atoms with Crippen LogP contribution < -0.4 is 0 Å². The number of aliphatic hydroxyl groups is 2. The van der Waals surface area contributed by atoms with Gasteiger partial charge < -0.3 is 29.9 Å². The van der Waals surface area contributed by atoms with Gasteiger partial charge >= 0.3 is 0 Å². The number of phenols is 2. The Hall–Kier alpha value is -2.00. The molecule has 0 aliphatic carbocycles. The Morgan fingerprint density at radius 1 is 1.21 bits per heavy atom. The maximum absolute atomic E-state index is 13.6. The molecule has 8 nitrogen and oxygen atoms in total. The molecule has 3 rings (SSSR count). The van der Waals surface area contributed by atoms with Crippen molar-refractivity contribution in [3.05, 3.63) is 22.8 Å². The van der Waals surface area contributed by atoms with E-state index in [-0.39, 0.29) is 35.3 Å². The van der Waals surface area contributed by atoms with Gasteiger partial charge in [0.2, 0.25) is 0 Å². The Labute approximate surface area is 194 Å². The van der Waals surface area contributed by atoms with Crippen LogP contribution in [0, 0.1) is 11.8 Å². The fourth-order valence-corrected chi connectivity index (χ4v) is 5.06. The minimum absolute atomic E-state index is 0.0663. The lowest BCUT2D eigenvalue weighted by Gasteiger charge is -2.39. The van der Waals surface area contributed by atoms with E-state index in [4.69, 9.17) is 9.47 Å². The van der Waals surface area contributed by atoms with E-state index in [1.807, 2.05) is 27.7 Å². The molecule has 6 atom stereocenters. The van der Waals surface area contributed by atoms with E-state index < -0.39 is 41.5 Å². The predicted molar refractivity (Wildman–Crippen MR) is 120 cm³/mol. The summed E-state index contributed by atoms with van der Waals surface area (Å²) in [5.74, 6) is -1.96. The Bertz CT molecular complexity index is 868. The molecule has 0 saturated carbocycles. The number of hydrogen-bond acceptors (Lipinski definition) is 8. The monoisotopic (exact) mass is 464 g/mol. The first-order chi connectivity index (χ1) is 15.6. The van der Waals surface area contributed by atoms with Crippen molar-refractivity contribution in [2.45, 2.75) is 96.4 Å². The number of rotatable bonds is 10. The molecule has 4 N–H and O–H groups in total. The zero-order valence-corrected chi connectivity index (χ0v) is 19.8. The molecule has 2 aliphatic heterocycles. The predicted octanol–water partition coefficient (Wildman–Crippen LogP) is 3.11. The first kappa shape index (κ1) is 25.6. The summed E-state index contributed by atoms with van der Waals surface area (Å²) in [4.78, 5) is 25.2. The number of Topliss-reactive ketones (excluding diaryl/α,β-unsaturated/α-hetero) is 1. The van der Waals surface area contributed by atoms with Crippen LogP contribution in [0.15, 0.2) is 6.07 Å². The van der Waals surface area contributed by atoms with Gasteiger partial charge in [0.15, 0.2) is 24.0 Å².